The summed E-state index contributed by atoms with van der Waals surface area (Å²) in [6.07, 6.45) is 2.90. The summed E-state index contributed by atoms with van der Waals surface area (Å²) >= 11 is 0. The van der Waals surface area contributed by atoms with Crippen LogP contribution in [0, 0.1) is 11.8 Å². The number of hydrogen-bond donors (Lipinski definition) is 0. The van der Waals surface area contributed by atoms with Crippen LogP contribution in [0.2, 0.25) is 0 Å². The maximum atomic E-state index is 11.9. The third-order valence-corrected chi connectivity index (χ3v) is 3.70. The number of ether oxygens (including phenoxy) is 2. The van der Waals surface area contributed by atoms with Crippen molar-refractivity contribution in [1.82, 2.24) is 4.90 Å². The molecule has 0 aromatic carbocycles. The molecule has 0 aromatic heterocycles. The molecule has 2 unspecified atom stereocenters. The molecule has 1 heterocycles. The molecule has 1 aliphatic rings. The highest BCUT2D eigenvalue weighted by Gasteiger charge is 2.35. The van der Waals surface area contributed by atoms with Gasteiger partial charge in [0.1, 0.15) is 0 Å². The lowest BCUT2D eigenvalue weighted by atomic mass is 9.81. The van der Waals surface area contributed by atoms with Gasteiger partial charge in [0.2, 0.25) is 0 Å². The first-order chi connectivity index (χ1) is 8.11. The summed E-state index contributed by atoms with van der Waals surface area (Å²) in [4.78, 5) is 14.0. The predicted molar refractivity (Wildman–Crippen MR) is 66.8 cm³/mol. The fourth-order valence-electron chi connectivity index (χ4n) is 2.87. The van der Waals surface area contributed by atoms with Gasteiger partial charge in [-0.05, 0) is 39.3 Å². The van der Waals surface area contributed by atoms with Crippen LogP contribution >= 0.6 is 0 Å². The van der Waals surface area contributed by atoms with Crippen molar-refractivity contribution in [2.45, 2.75) is 32.2 Å². The van der Waals surface area contributed by atoms with Gasteiger partial charge < -0.3 is 14.4 Å². The SMILES string of the molecule is CCC(C(=O)OC)C(C1CCOCC1)N(C)C. The van der Waals surface area contributed by atoms with Crippen molar-refractivity contribution >= 4 is 5.97 Å². The molecule has 0 saturated carbocycles. The summed E-state index contributed by atoms with van der Waals surface area (Å²) in [6, 6.07) is 0.261. The van der Waals surface area contributed by atoms with E-state index in [0.717, 1.165) is 32.5 Å². The molecule has 2 atom stereocenters. The predicted octanol–water partition coefficient (Wildman–Crippen LogP) is 1.54. The van der Waals surface area contributed by atoms with E-state index in [1.807, 2.05) is 14.1 Å². The summed E-state index contributed by atoms with van der Waals surface area (Å²) in [7, 11) is 5.57. The van der Waals surface area contributed by atoms with Crippen LogP contribution in [-0.4, -0.2) is 51.3 Å². The van der Waals surface area contributed by atoms with Crippen LogP contribution in [0.3, 0.4) is 0 Å². The van der Waals surface area contributed by atoms with Crippen LogP contribution in [0.1, 0.15) is 26.2 Å². The van der Waals surface area contributed by atoms with Crippen molar-refractivity contribution in [3.63, 3.8) is 0 Å². The van der Waals surface area contributed by atoms with Crippen molar-refractivity contribution in [2.24, 2.45) is 11.8 Å². The Labute approximate surface area is 104 Å². The fourth-order valence-corrected chi connectivity index (χ4v) is 2.87. The molecule has 0 amide bonds. The van der Waals surface area contributed by atoms with E-state index < -0.39 is 0 Å². The van der Waals surface area contributed by atoms with E-state index in [1.165, 1.54) is 7.11 Å². The molecule has 0 bridgehead atoms. The average molecular weight is 243 g/mol. The molecule has 0 aromatic rings. The lowest BCUT2D eigenvalue weighted by Gasteiger charge is -2.38. The molecule has 1 fully saturated rings. The van der Waals surface area contributed by atoms with Crippen LogP contribution in [0.4, 0.5) is 0 Å². The second-order valence-electron chi connectivity index (χ2n) is 4.94. The smallest absolute Gasteiger partial charge is 0.310 e. The summed E-state index contributed by atoms with van der Waals surface area (Å²) in [5.74, 6) is 0.415. The lowest BCUT2D eigenvalue weighted by Crippen LogP contribution is -2.46. The third-order valence-electron chi connectivity index (χ3n) is 3.70. The quantitative estimate of drug-likeness (QED) is 0.687. The zero-order chi connectivity index (χ0) is 12.8. The first-order valence-electron chi connectivity index (χ1n) is 6.43. The van der Waals surface area contributed by atoms with Crippen LogP contribution in [-0.2, 0) is 14.3 Å². The molecule has 1 rings (SSSR count). The minimum Gasteiger partial charge on any atom is -0.469 e. The Morgan fingerprint density at radius 3 is 2.41 bits per heavy atom. The Morgan fingerprint density at radius 2 is 2.00 bits per heavy atom. The minimum atomic E-state index is -0.0855. The number of carbonyl (C=O) groups excluding carboxylic acids is 1. The molecule has 1 saturated heterocycles. The van der Waals surface area contributed by atoms with E-state index in [4.69, 9.17) is 9.47 Å². The van der Waals surface area contributed by atoms with Gasteiger partial charge in [0.15, 0.2) is 0 Å². The molecule has 100 valence electrons. The largest absolute Gasteiger partial charge is 0.469 e. The van der Waals surface area contributed by atoms with Gasteiger partial charge in [0, 0.05) is 19.3 Å². The van der Waals surface area contributed by atoms with Gasteiger partial charge in [-0.1, -0.05) is 6.92 Å². The number of rotatable bonds is 5. The average Bonchev–Trinajstić information content (AvgIpc) is 2.35. The van der Waals surface area contributed by atoms with E-state index in [0.29, 0.717) is 5.92 Å². The number of carbonyl (C=O) groups is 1. The van der Waals surface area contributed by atoms with E-state index in [2.05, 4.69) is 11.8 Å². The molecule has 4 nitrogen and oxygen atoms in total. The molecule has 0 spiro atoms. The van der Waals surface area contributed by atoms with E-state index in [1.54, 1.807) is 0 Å². The number of methoxy groups -OCH3 is 1. The summed E-state index contributed by atoms with van der Waals surface area (Å²) in [6.45, 7) is 3.68. The van der Waals surface area contributed by atoms with Crippen LogP contribution in [0.15, 0.2) is 0 Å². The van der Waals surface area contributed by atoms with Crippen LogP contribution < -0.4 is 0 Å². The Hall–Kier alpha value is -0.610. The van der Waals surface area contributed by atoms with Gasteiger partial charge in [-0.2, -0.15) is 0 Å². The monoisotopic (exact) mass is 243 g/mol. The maximum absolute atomic E-state index is 11.9. The third kappa shape index (κ3) is 3.68. The normalized spacial score (nSPS) is 21.2. The van der Waals surface area contributed by atoms with Crippen molar-refractivity contribution < 1.29 is 14.3 Å². The second-order valence-corrected chi connectivity index (χ2v) is 4.94. The first kappa shape index (κ1) is 14.5. The highest BCUT2D eigenvalue weighted by Crippen LogP contribution is 2.29. The highest BCUT2D eigenvalue weighted by molar-refractivity contribution is 5.73. The standard InChI is InChI=1S/C13H25NO3/c1-5-11(13(15)16-4)12(14(2)3)10-6-8-17-9-7-10/h10-12H,5-9H2,1-4H3. The zero-order valence-electron chi connectivity index (χ0n) is 11.4. The van der Waals surface area contributed by atoms with Crippen LogP contribution in [0.25, 0.3) is 0 Å². The highest BCUT2D eigenvalue weighted by atomic mass is 16.5. The first-order valence-corrected chi connectivity index (χ1v) is 6.43. The number of nitrogens with zero attached hydrogens (tertiary/aromatic N) is 1. The van der Waals surface area contributed by atoms with Crippen molar-refractivity contribution in [1.29, 1.82) is 0 Å². The maximum Gasteiger partial charge on any atom is 0.310 e. The molecule has 1 aliphatic heterocycles. The Bertz CT molecular complexity index is 237. The van der Waals surface area contributed by atoms with Crippen LogP contribution in [0.5, 0.6) is 0 Å². The Kier molecular flexibility index (Phi) is 5.92. The van der Waals surface area contributed by atoms with Crippen molar-refractivity contribution in [3.05, 3.63) is 0 Å². The summed E-state index contributed by atoms with van der Waals surface area (Å²) < 4.78 is 10.3. The van der Waals surface area contributed by atoms with Gasteiger partial charge in [-0.15, -0.1) is 0 Å². The van der Waals surface area contributed by atoms with E-state index in [9.17, 15) is 4.79 Å². The molecule has 0 aliphatic carbocycles. The molecular weight excluding hydrogens is 218 g/mol. The second kappa shape index (κ2) is 6.97. The molecule has 0 N–H and O–H groups in total. The Morgan fingerprint density at radius 1 is 1.41 bits per heavy atom. The van der Waals surface area contributed by atoms with E-state index in [-0.39, 0.29) is 17.9 Å². The topological polar surface area (TPSA) is 38.8 Å². The zero-order valence-corrected chi connectivity index (χ0v) is 11.4. The van der Waals surface area contributed by atoms with Crippen molar-refractivity contribution in [3.8, 4) is 0 Å². The summed E-state index contributed by atoms with van der Waals surface area (Å²) in [5.41, 5.74) is 0. The minimum absolute atomic E-state index is 0.0295. The molecule has 17 heavy (non-hydrogen) atoms. The Balaban J connectivity index is 2.77. The summed E-state index contributed by atoms with van der Waals surface area (Å²) in [5, 5.41) is 0. The van der Waals surface area contributed by atoms with E-state index >= 15 is 0 Å². The molecule has 4 heteroatoms. The molecular formula is C13H25NO3. The van der Waals surface area contributed by atoms with Gasteiger partial charge in [0.05, 0.1) is 13.0 Å². The molecule has 0 radical (unpaired) electrons. The van der Waals surface area contributed by atoms with Gasteiger partial charge in [-0.25, -0.2) is 0 Å². The fraction of sp³-hybridized carbons (Fsp3) is 0.923. The lowest BCUT2D eigenvalue weighted by molar-refractivity contribution is -0.149. The van der Waals surface area contributed by atoms with Gasteiger partial charge in [-0.3, -0.25) is 4.79 Å². The number of esters is 1. The van der Waals surface area contributed by atoms with Crippen molar-refractivity contribution in [2.75, 3.05) is 34.4 Å². The number of hydrogen-bond acceptors (Lipinski definition) is 4. The van der Waals surface area contributed by atoms with Gasteiger partial charge in [0.25, 0.3) is 0 Å². The van der Waals surface area contributed by atoms with Gasteiger partial charge >= 0.3 is 5.97 Å².